The van der Waals surface area contributed by atoms with Gasteiger partial charge in [0.05, 0.1) is 6.61 Å². The minimum atomic E-state index is -0.162. The summed E-state index contributed by atoms with van der Waals surface area (Å²) in [6.07, 6.45) is 0. The van der Waals surface area contributed by atoms with Gasteiger partial charge in [-0.2, -0.15) is 0 Å². The smallest absolute Gasteiger partial charge is 0.126 e. The lowest BCUT2D eigenvalue weighted by atomic mass is 10.1. The van der Waals surface area contributed by atoms with E-state index in [1.165, 1.54) is 0 Å². The second-order valence-corrected chi connectivity index (χ2v) is 4.37. The molecule has 0 unspecified atom stereocenters. The fourth-order valence-electron chi connectivity index (χ4n) is 1.62. The summed E-state index contributed by atoms with van der Waals surface area (Å²) >= 11 is 0. The van der Waals surface area contributed by atoms with Gasteiger partial charge < -0.3 is 5.11 Å². The number of aliphatic hydroxyl groups is 1. The summed E-state index contributed by atoms with van der Waals surface area (Å²) in [5.74, 6) is -0.162. The van der Waals surface area contributed by atoms with Crippen LogP contribution in [0.15, 0.2) is 18.2 Å². The lowest BCUT2D eigenvalue weighted by molar-refractivity contribution is 0.159. The van der Waals surface area contributed by atoms with E-state index in [0.29, 0.717) is 24.7 Å². The van der Waals surface area contributed by atoms with Crippen molar-refractivity contribution in [3.63, 3.8) is 0 Å². The van der Waals surface area contributed by atoms with Crippen molar-refractivity contribution < 1.29 is 9.50 Å². The highest BCUT2D eigenvalue weighted by Crippen LogP contribution is 2.12. The zero-order valence-corrected chi connectivity index (χ0v) is 10.2. The molecule has 1 aromatic rings. The molecule has 0 aromatic heterocycles. The molecule has 0 saturated heterocycles. The molecular weight excluding hydrogens is 205 g/mol. The van der Waals surface area contributed by atoms with Gasteiger partial charge in [0.25, 0.3) is 0 Å². The standard InChI is InChI=1S/C13H20FNO/c1-10(2)15(6-7-16)9-12-5-4-11(3)13(14)8-12/h4-5,8,10,16H,6-7,9H2,1-3H3. The Kier molecular flexibility index (Phi) is 4.90. The van der Waals surface area contributed by atoms with Crippen LogP contribution in [0.25, 0.3) is 0 Å². The first-order valence-electron chi connectivity index (χ1n) is 5.64. The predicted molar refractivity (Wildman–Crippen MR) is 63.8 cm³/mol. The van der Waals surface area contributed by atoms with Crippen molar-refractivity contribution >= 4 is 0 Å². The van der Waals surface area contributed by atoms with Crippen molar-refractivity contribution in [1.29, 1.82) is 0 Å². The van der Waals surface area contributed by atoms with Crippen LogP contribution in [0.2, 0.25) is 0 Å². The number of nitrogens with zero attached hydrogens (tertiary/aromatic N) is 1. The minimum Gasteiger partial charge on any atom is -0.395 e. The second kappa shape index (κ2) is 5.97. The van der Waals surface area contributed by atoms with E-state index in [0.717, 1.165) is 5.56 Å². The molecule has 0 aliphatic heterocycles. The SMILES string of the molecule is Cc1ccc(CN(CCO)C(C)C)cc1F. The Morgan fingerprint density at radius 3 is 2.56 bits per heavy atom. The summed E-state index contributed by atoms with van der Waals surface area (Å²) in [6, 6.07) is 5.64. The molecule has 16 heavy (non-hydrogen) atoms. The Morgan fingerprint density at radius 2 is 2.06 bits per heavy atom. The second-order valence-electron chi connectivity index (χ2n) is 4.37. The summed E-state index contributed by atoms with van der Waals surface area (Å²) in [7, 11) is 0. The molecule has 0 aliphatic carbocycles. The molecule has 2 nitrogen and oxygen atoms in total. The highest BCUT2D eigenvalue weighted by molar-refractivity contribution is 5.23. The van der Waals surface area contributed by atoms with Gasteiger partial charge in [-0.1, -0.05) is 12.1 Å². The molecule has 0 amide bonds. The van der Waals surface area contributed by atoms with Gasteiger partial charge in [-0.15, -0.1) is 0 Å². The third-order valence-electron chi connectivity index (χ3n) is 2.74. The average molecular weight is 225 g/mol. The highest BCUT2D eigenvalue weighted by atomic mass is 19.1. The summed E-state index contributed by atoms with van der Waals surface area (Å²) in [5, 5.41) is 8.95. The maximum absolute atomic E-state index is 13.3. The molecule has 3 heteroatoms. The number of rotatable bonds is 5. The van der Waals surface area contributed by atoms with Gasteiger partial charge >= 0.3 is 0 Å². The molecule has 0 bridgehead atoms. The number of benzene rings is 1. The monoisotopic (exact) mass is 225 g/mol. The van der Waals surface area contributed by atoms with E-state index in [4.69, 9.17) is 5.11 Å². The van der Waals surface area contributed by atoms with Crippen molar-refractivity contribution in [3.8, 4) is 0 Å². The third kappa shape index (κ3) is 3.58. The van der Waals surface area contributed by atoms with Gasteiger partial charge in [-0.05, 0) is 38.0 Å². The van der Waals surface area contributed by atoms with Crippen molar-refractivity contribution in [2.45, 2.75) is 33.4 Å². The number of hydrogen-bond donors (Lipinski definition) is 1. The number of hydrogen-bond acceptors (Lipinski definition) is 2. The van der Waals surface area contributed by atoms with E-state index in [1.807, 2.05) is 6.07 Å². The molecule has 0 radical (unpaired) electrons. The van der Waals surface area contributed by atoms with Crippen molar-refractivity contribution in [2.24, 2.45) is 0 Å². The Bertz CT molecular complexity index is 339. The van der Waals surface area contributed by atoms with Crippen molar-refractivity contribution in [1.82, 2.24) is 4.90 Å². The van der Waals surface area contributed by atoms with Gasteiger partial charge in [0.1, 0.15) is 5.82 Å². The van der Waals surface area contributed by atoms with Gasteiger partial charge in [-0.25, -0.2) is 4.39 Å². The van der Waals surface area contributed by atoms with Crippen LogP contribution in [-0.2, 0) is 6.54 Å². The van der Waals surface area contributed by atoms with Gasteiger partial charge in [0, 0.05) is 19.1 Å². The molecule has 90 valence electrons. The van der Waals surface area contributed by atoms with Crippen LogP contribution >= 0.6 is 0 Å². The Hall–Kier alpha value is -0.930. The van der Waals surface area contributed by atoms with Gasteiger partial charge in [-0.3, -0.25) is 4.90 Å². The van der Waals surface area contributed by atoms with E-state index in [2.05, 4.69) is 18.7 Å². The largest absolute Gasteiger partial charge is 0.395 e. The zero-order chi connectivity index (χ0) is 12.1. The molecule has 0 heterocycles. The molecule has 1 N–H and O–H groups in total. The van der Waals surface area contributed by atoms with Crippen LogP contribution in [0.3, 0.4) is 0 Å². The predicted octanol–water partition coefficient (Wildman–Crippen LogP) is 2.34. The zero-order valence-electron chi connectivity index (χ0n) is 10.2. The van der Waals surface area contributed by atoms with E-state index in [9.17, 15) is 4.39 Å². The van der Waals surface area contributed by atoms with E-state index >= 15 is 0 Å². The molecule has 1 aromatic carbocycles. The molecule has 0 fully saturated rings. The maximum atomic E-state index is 13.3. The molecule has 0 aliphatic rings. The van der Waals surface area contributed by atoms with E-state index in [-0.39, 0.29) is 12.4 Å². The van der Waals surface area contributed by atoms with Crippen LogP contribution in [0.1, 0.15) is 25.0 Å². The fourth-order valence-corrected chi connectivity index (χ4v) is 1.62. The summed E-state index contributed by atoms with van der Waals surface area (Å²) in [4.78, 5) is 2.12. The molecule has 0 saturated carbocycles. The first kappa shape index (κ1) is 13.1. The number of aliphatic hydroxyl groups excluding tert-OH is 1. The van der Waals surface area contributed by atoms with Gasteiger partial charge in [0.2, 0.25) is 0 Å². The van der Waals surface area contributed by atoms with E-state index < -0.39 is 0 Å². The highest BCUT2D eigenvalue weighted by Gasteiger charge is 2.10. The van der Waals surface area contributed by atoms with Crippen LogP contribution in [-0.4, -0.2) is 29.2 Å². The molecule has 0 atom stereocenters. The molecular formula is C13H20FNO. The van der Waals surface area contributed by atoms with Crippen LogP contribution in [0, 0.1) is 12.7 Å². The topological polar surface area (TPSA) is 23.5 Å². The minimum absolute atomic E-state index is 0.131. The Morgan fingerprint density at radius 1 is 1.38 bits per heavy atom. The normalized spacial score (nSPS) is 11.4. The lowest BCUT2D eigenvalue weighted by Crippen LogP contribution is -2.32. The van der Waals surface area contributed by atoms with E-state index in [1.54, 1.807) is 19.1 Å². The quantitative estimate of drug-likeness (QED) is 0.831. The summed E-state index contributed by atoms with van der Waals surface area (Å²) < 4.78 is 13.3. The van der Waals surface area contributed by atoms with Crippen LogP contribution in [0.4, 0.5) is 4.39 Å². The molecule has 1 rings (SSSR count). The Labute approximate surface area is 96.7 Å². The summed E-state index contributed by atoms with van der Waals surface area (Å²) in [6.45, 7) is 7.32. The van der Waals surface area contributed by atoms with Crippen molar-refractivity contribution in [2.75, 3.05) is 13.2 Å². The average Bonchev–Trinajstić information content (AvgIpc) is 2.22. The molecule has 0 spiro atoms. The number of halogens is 1. The van der Waals surface area contributed by atoms with Crippen LogP contribution in [0.5, 0.6) is 0 Å². The maximum Gasteiger partial charge on any atom is 0.126 e. The van der Waals surface area contributed by atoms with Crippen molar-refractivity contribution in [3.05, 3.63) is 35.1 Å². The van der Waals surface area contributed by atoms with Gasteiger partial charge in [0.15, 0.2) is 0 Å². The van der Waals surface area contributed by atoms with Crippen LogP contribution < -0.4 is 0 Å². The fraction of sp³-hybridized carbons (Fsp3) is 0.538. The number of aryl methyl sites for hydroxylation is 1. The first-order valence-corrected chi connectivity index (χ1v) is 5.64. The first-order chi connectivity index (χ1) is 7.54. The lowest BCUT2D eigenvalue weighted by Gasteiger charge is -2.25. The summed E-state index contributed by atoms with van der Waals surface area (Å²) in [5.41, 5.74) is 1.62. The third-order valence-corrected chi connectivity index (χ3v) is 2.74. The Balaban J connectivity index is 2.73.